The van der Waals surface area contributed by atoms with Crippen molar-refractivity contribution in [3.63, 3.8) is 0 Å². The van der Waals surface area contributed by atoms with Gasteiger partial charge in [0.25, 0.3) is 0 Å². The molecule has 9 aromatic rings. The molecule has 1 aliphatic carbocycles. The van der Waals surface area contributed by atoms with Crippen molar-refractivity contribution >= 4 is 49.8 Å². The predicted molar refractivity (Wildman–Crippen MR) is 214 cm³/mol. The molecule has 0 bridgehead atoms. The summed E-state index contributed by atoms with van der Waals surface area (Å²) in [7, 11) is 0. The highest BCUT2D eigenvalue weighted by Crippen LogP contribution is 2.52. The maximum Gasteiger partial charge on any atom is 0.135 e. The van der Waals surface area contributed by atoms with Gasteiger partial charge in [-0.2, -0.15) is 0 Å². The molecule has 1 aliphatic rings. The third kappa shape index (κ3) is 4.71. The molecule has 242 valence electrons. The lowest BCUT2D eigenvalue weighted by atomic mass is 9.82. The van der Waals surface area contributed by atoms with Gasteiger partial charge in [-0.05, 0) is 98.2 Å². The zero-order valence-corrected chi connectivity index (χ0v) is 28.6. The number of rotatable bonds is 5. The lowest BCUT2D eigenvalue weighted by molar-refractivity contribution is 0.660. The molecule has 0 spiro atoms. The van der Waals surface area contributed by atoms with Crippen LogP contribution in [0.4, 0.5) is 17.1 Å². The average Bonchev–Trinajstić information content (AvgIpc) is 3.66. The fourth-order valence-electron chi connectivity index (χ4n) is 8.24. The number of benzene rings is 8. The Labute approximate surface area is 297 Å². The molecule has 0 amide bonds. The van der Waals surface area contributed by atoms with E-state index < -0.39 is 0 Å². The van der Waals surface area contributed by atoms with Crippen LogP contribution in [0.5, 0.6) is 0 Å². The number of nitrogens with zero attached hydrogens (tertiary/aromatic N) is 1. The van der Waals surface area contributed by atoms with E-state index in [0.29, 0.717) is 0 Å². The van der Waals surface area contributed by atoms with Crippen molar-refractivity contribution in [1.82, 2.24) is 0 Å². The van der Waals surface area contributed by atoms with Gasteiger partial charge in [0.2, 0.25) is 0 Å². The topological polar surface area (TPSA) is 16.4 Å². The van der Waals surface area contributed by atoms with Gasteiger partial charge >= 0.3 is 0 Å². The monoisotopic (exact) mass is 653 g/mol. The van der Waals surface area contributed by atoms with Crippen LogP contribution in [-0.4, -0.2) is 0 Å². The van der Waals surface area contributed by atoms with E-state index in [4.69, 9.17) is 4.42 Å². The molecule has 0 atom stereocenters. The summed E-state index contributed by atoms with van der Waals surface area (Å²) in [6.07, 6.45) is 0. The first-order valence-electron chi connectivity index (χ1n) is 17.7. The standard InChI is InChI=1S/C49H35NO/c1-49(2)44-18-10-8-16-40(44)41-26-23-38(31-45(41)49)50(37-24-27-48-43(30-37)42-17-9-11-19-47(42)51-48)46-29-36(22-25-39(46)33-13-4-3-5-14-33)35-21-20-32-12-6-7-15-34(32)28-35/h3-31H,1-2H3. The number of hydrogen-bond acceptors (Lipinski definition) is 2. The van der Waals surface area contributed by atoms with Crippen LogP contribution in [0.15, 0.2) is 180 Å². The van der Waals surface area contributed by atoms with Crippen molar-refractivity contribution in [3.8, 4) is 33.4 Å². The van der Waals surface area contributed by atoms with Gasteiger partial charge in [0.1, 0.15) is 11.2 Å². The summed E-state index contributed by atoms with van der Waals surface area (Å²) >= 11 is 0. The van der Waals surface area contributed by atoms with Crippen LogP contribution in [0.1, 0.15) is 25.0 Å². The van der Waals surface area contributed by atoms with Crippen LogP contribution in [-0.2, 0) is 5.41 Å². The highest BCUT2D eigenvalue weighted by atomic mass is 16.3. The molecule has 0 N–H and O–H groups in total. The Hall–Kier alpha value is -6.38. The summed E-state index contributed by atoms with van der Waals surface area (Å²) in [6, 6.07) is 63.9. The molecule has 0 saturated carbocycles. The van der Waals surface area contributed by atoms with Gasteiger partial charge in [-0.1, -0.05) is 141 Å². The Balaban J connectivity index is 1.25. The number of para-hydroxylation sites is 1. The minimum absolute atomic E-state index is 0.131. The van der Waals surface area contributed by atoms with Crippen LogP contribution in [0.25, 0.3) is 66.1 Å². The molecule has 0 unspecified atom stereocenters. The first-order chi connectivity index (χ1) is 25.0. The Morgan fingerprint density at radius 2 is 1.06 bits per heavy atom. The number of anilines is 3. The zero-order chi connectivity index (χ0) is 34.1. The molecule has 8 aromatic carbocycles. The van der Waals surface area contributed by atoms with E-state index in [1.165, 1.54) is 55.3 Å². The third-order valence-corrected chi connectivity index (χ3v) is 10.8. The van der Waals surface area contributed by atoms with Crippen LogP contribution in [0.3, 0.4) is 0 Å². The van der Waals surface area contributed by atoms with Gasteiger partial charge in [0, 0.05) is 33.1 Å². The molecule has 10 rings (SSSR count). The van der Waals surface area contributed by atoms with E-state index in [2.05, 4.69) is 183 Å². The van der Waals surface area contributed by atoms with E-state index in [-0.39, 0.29) is 5.41 Å². The van der Waals surface area contributed by atoms with Crippen molar-refractivity contribution in [2.45, 2.75) is 19.3 Å². The van der Waals surface area contributed by atoms with Crippen LogP contribution >= 0.6 is 0 Å². The number of fused-ring (bicyclic) bond motifs is 7. The van der Waals surface area contributed by atoms with E-state index in [1.807, 2.05) is 12.1 Å². The maximum absolute atomic E-state index is 6.31. The van der Waals surface area contributed by atoms with Crippen LogP contribution in [0, 0.1) is 0 Å². The smallest absolute Gasteiger partial charge is 0.135 e. The first kappa shape index (κ1) is 29.5. The van der Waals surface area contributed by atoms with E-state index in [1.54, 1.807) is 0 Å². The molecule has 2 heteroatoms. The highest BCUT2D eigenvalue weighted by Gasteiger charge is 2.36. The van der Waals surface area contributed by atoms with Gasteiger partial charge in [0.05, 0.1) is 5.69 Å². The summed E-state index contributed by atoms with van der Waals surface area (Å²) in [6.45, 7) is 4.70. The Morgan fingerprint density at radius 1 is 0.412 bits per heavy atom. The third-order valence-electron chi connectivity index (χ3n) is 10.8. The molecule has 0 radical (unpaired) electrons. The molecule has 1 heterocycles. The van der Waals surface area contributed by atoms with Crippen LogP contribution < -0.4 is 4.90 Å². The summed E-state index contributed by atoms with van der Waals surface area (Å²) in [5.41, 5.74) is 15.0. The van der Waals surface area contributed by atoms with E-state index >= 15 is 0 Å². The van der Waals surface area contributed by atoms with Crippen molar-refractivity contribution in [2.75, 3.05) is 4.90 Å². The predicted octanol–water partition coefficient (Wildman–Crippen LogP) is 13.8. The molecular formula is C49H35NO. The maximum atomic E-state index is 6.31. The van der Waals surface area contributed by atoms with Gasteiger partial charge in [-0.3, -0.25) is 0 Å². The number of hydrogen-bond donors (Lipinski definition) is 0. The second-order valence-electron chi connectivity index (χ2n) is 14.2. The minimum atomic E-state index is -0.131. The fourth-order valence-corrected chi connectivity index (χ4v) is 8.24. The summed E-state index contributed by atoms with van der Waals surface area (Å²) in [5.74, 6) is 0. The number of furan rings is 1. The van der Waals surface area contributed by atoms with Gasteiger partial charge < -0.3 is 9.32 Å². The van der Waals surface area contributed by atoms with Gasteiger partial charge in [-0.15, -0.1) is 0 Å². The van der Waals surface area contributed by atoms with E-state index in [9.17, 15) is 0 Å². The van der Waals surface area contributed by atoms with Gasteiger partial charge in [-0.25, -0.2) is 0 Å². The van der Waals surface area contributed by atoms with E-state index in [0.717, 1.165) is 39.0 Å². The second-order valence-corrected chi connectivity index (χ2v) is 14.2. The molecule has 0 aliphatic heterocycles. The summed E-state index contributed by atoms with van der Waals surface area (Å²) < 4.78 is 6.31. The van der Waals surface area contributed by atoms with Crippen molar-refractivity contribution < 1.29 is 4.42 Å². The lowest BCUT2D eigenvalue weighted by Gasteiger charge is -2.30. The SMILES string of the molecule is CC1(C)c2ccccc2-c2ccc(N(c3ccc4oc5ccccc5c4c3)c3cc(-c4ccc5ccccc5c4)ccc3-c3ccccc3)cc21. The largest absolute Gasteiger partial charge is 0.456 e. The first-order valence-corrected chi connectivity index (χ1v) is 17.7. The highest BCUT2D eigenvalue weighted by molar-refractivity contribution is 6.07. The zero-order valence-electron chi connectivity index (χ0n) is 28.6. The molecular weight excluding hydrogens is 619 g/mol. The Kier molecular flexibility index (Phi) is 6.56. The fraction of sp³-hybridized carbons (Fsp3) is 0.0612. The van der Waals surface area contributed by atoms with Crippen molar-refractivity contribution in [2.24, 2.45) is 0 Å². The average molecular weight is 654 g/mol. The molecule has 1 aromatic heterocycles. The lowest BCUT2D eigenvalue weighted by Crippen LogP contribution is -2.17. The van der Waals surface area contributed by atoms with Gasteiger partial charge in [0.15, 0.2) is 0 Å². The van der Waals surface area contributed by atoms with Crippen molar-refractivity contribution in [3.05, 3.63) is 187 Å². The quantitative estimate of drug-likeness (QED) is 0.184. The summed E-state index contributed by atoms with van der Waals surface area (Å²) in [5, 5.41) is 4.70. The molecule has 0 saturated heterocycles. The molecule has 2 nitrogen and oxygen atoms in total. The second kappa shape index (κ2) is 11.3. The Morgan fingerprint density at radius 3 is 1.96 bits per heavy atom. The van der Waals surface area contributed by atoms with Crippen molar-refractivity contribution in [1.29, 1.82) is 0 Å². The van der Waals surface area contributed by atoms with Crippen LogP contribution in [0.2, 0.25) is 0 Å². The summed E-state index contributed by atoms with van der Waals surface area (Å²) in [4.78, 5) is 2.45. The minimum Gasteiger partial charge on any atom is -0.456 e. The molecule has 51 heavy (non-hydrogen) atoms. The molecule has 0 fully saturated rings. The normalized spacial score (nSPS) is 13.1. The Bertz CT molecular complexity index is 2790.